The lowest BCUT2D eigenvalue weighted by Crippen LogP contribution is -2.36. The van der Waals surface area contributed by atoms with Crippen molar-refractivity contribution in [3.63, 3.8) is 0 Å². The van der Waals surface area contributed by atoms with E-state index in [-0.39, 0.29) is 5.56 Å². The summed E-state index contributed by atoms with van der Waals surface area (Å²) >= 11 is 0. The number of hydrogen-bond donors (Lipinski definition) is 1. The number of hydrogen-bond acceptors (Lipinski definition) is 4. The number of halogens is 3. The average Bonchev–Trinajstić information content (AvgIpc) is 2.42. The van der Waals surface area contributed by atoms with Gasteiger partial charge in [0.2, 0.25) is 6.61 Å². The topological polar surface area (TPSA) is 85.0 Å². The van der Waals surface area contributed by atoms with Gasteiger partial charge in [-0.25, -0.2) is 4.79 Å². The van der Waals surface area contributed by atoms with Gasteiger partial charge in [-0.2, -0.15) is 17.2 Å². The summed E-state index contributed by atoms with van der Waals surface area (Å²) < 4.78 is 71.4. The van der Waals surface area contributed by atoms with Crippen molar-refractivity contribution in [2.45, 2.75) is 11.6 Å². The zero-order chi connectivity index (χ0) is 16.1. The second-order valence-electron chi connectivity index (χ2n) is 3.60. The van der Waals surface area contributed by atoms with Gasteiger partial charge in [0.05, 0.1) is 5.56 Å². The highest BCUT2D eigenvalue weighted by atomic mass is 32.2. The van der Waals surface area contributed by atoms with Crippen molar-refractivity contribution in [1.82, 2.24) is 0 Å². The first kappa shape index (κ1) is 16.9. The van der Waals surface area contributed by atoms with Crippen molar-refractivity contribution in [3.05, 3.63) is 40.7 Å². The van der Waals surface area contributed by atoms with E-state index in [1.165, 1.54) is 12.1 Å². The van der Waals surface area contributed by atoms with Gasteiger partial charge in [-0.1, -0.05) is 18.2 Å². The van der Waals surface area contributed by atoms with Crippen LogP contribution in [0, 0.1) is 6.07 Å². The van der Waals surface area contributed by atoms with E-state index in [0.717, 1.165) is 0 Å². The molecule has 21 heavy (non-hydrogen) atoms. The predicted octanol–water partition coefficient (Wildman–Crippen LogP) is 1.95. The molecule has 10 heteroatoms. The van der Waals surface area contributed by atoms with Crippen LogP contribution in [-0.2, 0) is 14.9 Å². The third kappa shape index (κ3) is 4.44. The molecule has 0 radical (unpaired) electrons. The van der Waals surface area contributed by atoms with Crippen molar-refractivity contribution in [1.29, 1.82) is 0 Å². The summed E-state index contributed by atoms with van der Waals surface area (Å²) in [5.41, 5.74) is 0.166. The number of alkyl halides is 3. The molecule has 0 saturated carbocycles. The molecule has 0 spiro atoms. The highest BCUT2D eigenvalue weighted by Gasteiger charge is 2.60. The molecule has 0 aliphatic carbocycles. The predicted molar refractivity (Wildman–Crippen MR) is 65.4 cm³/mol. The second kappa shape index (κ2) is 6.55. The van der Waals surface area contributed by atoms with Crippen molar-refractivity contribution in [3.8, 4) is 6.07 Å². The standard InChI is InChI=1S/C11H8F3NO5S/c12-10(11(13,14)21(17,18)19)15-6-7-20-9(16)8-4-2-1-3-5-8/h1-5,10H,7H2/p+1. The van der Waals surface area contributed by atoms with Crippen LogP contribution in [0.1, 0.15) is 10.4 Å². The molecule has 6 nitrogen and oxygen atoms in total. The lowest BCUT2D eigenvalue weighted by molar-refractivity contribution is 0.0179. The van der Waals surface area contributed by atoms with Gasteiger partial charge in [-0.05, 0) is 17.0 Å². The summed E-state index contributed by atoms with van der Waals surface area (Å²) in [6, 6.07) is 9.21. The van der Waals surface area contributed by atoms with Crippen LogP contribution in [0.4, 0.5) is 13.2 Å². The van der Waals surface area contributed by atoms with Gasteiger partial charge >= 0.3 is 33.7 Å². The Hall–Kier alpha value is -2.12. The summed E-state index contributed by atoms with van der Waals surface area (Å²) in [5, 5.41) is -5.11. The molecule has 1 rings (SSSR count). The lowest BCUT2D eigenvalue weighted by Gasteiger charge is -2.05. The minimum absolute atomic E-state index is 0.166. The summed E-state index contributed by atoms with van der Waals surface area (Å²) in [5.74, 6) is -0.824. The first-order valence-electron chi connectivity index (χ1n) is 5.30. The fraction of sp³-hybridized carbons (Fsp3) is 0.273. The number of ether oxygens (including phenoxy) is 1. The molecule has 0 aliphatic heterocycles. The zero-order valence-corrected chi connectivity index (χ0v) is 11.1. The molecule has 1 N–H and O–H groups in total. The van der Waals surface area contributed by atoms with Crippen molar-refractivity contribution in [2.24, 2.45) is 0 Å². The Morgan fingerprint density at radius 3 is 2.48 bits per heavy atom. The summed E-state index contributed by atoms with van der Waals surface area (Å²) in [7, 11) is -5.95. The Labute approximate surface area is 117 Å². The molecular weight excluding hydrogens is 315 g/mol. The lowest BCUT2D eigenvalue weighted by atomic mass is 10.2. The second-order valence-corrected chi connectivity index (χ2v) is 5.10. The van der Waals surface area contributed by atoms with E-state index >= 15 is 0 Å². The van der Waals surface area contributed by atoms with Gasteiger partial charge in [0.15, 0.2) is 0 Å². The molecule has 0 fully saturated rings. The van der Waals surface area contributed by atoms with Crippen LogP contribution in [0.5, 0.6) is 0 Å². The summed E-state index contributed by atoms with van der Waals surface area (Å²) in [4.78, 5) is 13.8. The molecule has 1 aromatic carbocycles. The van der Waals surface area contributed by atoms with Crippen molar-refractivity contribution >= 4 is 16.1 Å². The van der Waals surface area contributed by atoms with E-state index in [0.29, 0.717) is 0 Å². The van der Waals surface area contributed by atoms with E-state index in [4.69, 9.17) is 4.55 Å². The molecule has 1 unspecified atom stereocenters. The molecule has 0 aliphatic rings. The third-order valence-electron chi connectivity index (χ3n) is 2.10. The van der Waals surface area contributed by atoms with Gasteiger partial charge in [0.25, 0.3) is 0 Å². The fourth-order valence-corrected chi connectivity index (χ4v) is 1.37. The van der Waals surface area contributed by atoms with Gasteiger partial charge < -0.3 is 4.74 Å². The Kier molecular flexibility index (Phi) is 5.28. The van der Waals surface area contributed by atoms with Crippen LogP contribution < -0.4 is 0 Å². The van der Waals surface area contributed by atoms with Crippen molar-refractivity contribution < 1.29 is 35.7 Å². The molecule has 0 amide bonds. The number of carbonyl (C=O) groups is 1. The van der Waals surface area contributed by atoms with Crippen LogP contribution >= 0.6 is 0 Å². The Morgan fingerprint density at radius 1 is 1.38 bits per heavy atom. The Bertz CT molecular complexity index is 666. The average molecular weight is 324 g/mol. The van der Waals surface area contributed by atoms with E-state index in [1.807, 2.05) is 0 Å². The van der Waals surface area contributed by atoms with E-state index in [1.54, 1.807) is 24.3 Å². The SMILES string of the molecule is O=C(OCC#[N+]C(F)C(F)(F)S(=O)(=O)O)c1ccccc1. The number of carbonyl (C=O) groups excluding carboxylic acids is 1. The Balaban J connectivity index is 2.60. The van der Waals surface area contributed by atoms with Crippen LogP contribution in [0.2, 0.25) is 0 Å². The zero-order valence-electron chi connectivity index (χ0n) is 10.2. The highest BCUT2D eigenvalue weighted by Crippen LogP contribution is 2.28. The first-order chi connectivity index (χ1) is 9.66. The molecule has 0 heterocycles. The van der Waals surface area contributed by atoms with E-state index in [9.17, 15) is 26.4 Å². The smallest absolute Gasteiger partial charge is 0.442 e. The first-order valence-corrected chi connectivity index (χ1v) is 6.74. The van der Waals surface area contributed by atoms with Gasteiger partial charge in [-0.3, -0.25) is 4.55 Å². The normalized spacial score (nSPS) is 13.0. The monoisotopic (exact) mass is 324 g/mol. The molecule has 0 saturated heterocycles. The summed E-state index contributed by atoms with van der Waals surface area (Å²) in [6.07, 6.45) is -3.57. The summed E-state index contributed by atoms with van der Waals surface area (Å²) in [6.45, 7) is -0.768. The highest BCUT2D eigenvalue weighted by molar-refractivity contribution is 7.86. The third-order valence-corrected chi connectivity index (χ3v) is 2.99. The maximum absolute atomic E-state index is 12.9. The fourth-order valence-electron chi connectivity index (χ4n) is 1.07. The molecule has 114 valence electrons. The van der Waals surface area contributed by atoms with Gasteiger partial charge in [0.1, 0.15) is 0 Å². The van der Waals surface area contributed by atoms with Crippen LogP contribution in [0.15, 0.2) is 30.3 Å². The molecule has 1 aromatic rings. The molecule has 0 bridgehead atoms. The molecule has 1 atom stereocenters. The van der Waals surface area contributed by atoms with E-state index < -0.39 is 34.2 Å². The molecule has 0 aromatic heterocycles. The van der Waals surface area contributed by atoms with Gasteiger partial charge in [-0.15, -0.1) is 4.39 Å². The Morgan fingerprint density at radius 2 is 1.95 bits per heavy atom. The maximum atomic E-state index is 12.9. The van der Waals surface area contributed by atoms with Crippen LogP contribution in [-0.4, -0.2) is 37.1 Å². The quantitative estimate of drug-likeness (QED) is 0.520. The number of rotatable bonds is 4. The number of esters is 1. The van der Waals surface area contributed by atoms with Gasteiger partial charge in [0, 0.05) is 0 Å². The number of nitrogens with zero attached hydrogens (tertiary/aromatic N) is 1. The van der Waals surface area contributed by atoms with Crippen LogP contribution in [0.25, 0.3) is 4.85 Å². The minimum atomic E-state index is -5.95. The minimum Gasteiger partial charge on any atom is -0.442 e. The van der Waals surface area contributed by atoms with E-state index in [2.05, 4.69) is 9.58 Å². The van der Waals surface area contributed by atoms with Crippen LogP contribution in [0.3, 0.4) is 0 Å². The largest absolute Gasteiger partial charge is 0.489 e. The van der Waals surface area contributed by atoms with Crippen molar-refractivity contribution in [2.75, 3.05) is 6.61 Å². The maximum Gasteiger partial charge on any atom is 0.489 e. The molecular formula is C11H9F3NO5S+. The number of benzene rings is 1.